The molecule has 140 valence electrons. The second-order valence-corrected chi connectivity index (χ2v) is 6.35. The molecule has 0 radical (unpaired) electrons. The van der Waals surface area contributed by atoms with E-state index in [9.17, 15) is 14.9 Å². The van der Waals surface area contributed by atoms with E-state index in [0.29, 0.717) is 22.4 Å². The van der Waals surface area contributed by atoms with Gasteiger partial charge in [-0.15, -0.1) is 0 Å². The van der Waals surface area contributed by atoms with Gasteiger partial charge in [0.05, 0.1) is 27.6 Å². The molecule has 2 aromatic heterocycles. The molecule has 0 atom stereocenters. The molecule has 4 rings (SSSR count). The number of rotatable bonds is 4. The third kappa shape index (κ3) is 3.05. The van der Waals surface area contributed by atoms with Crippen LogP contribution >= 0.6 is 0 Å². The van der Waals surface area contributed by atoms with Gasteiger partial charge in [0.25, 0.3) is 5.69 Å². The molecule has 0 fully saturated rings. The zero-order valence-corrected chi connectivity index (χ0v) is 15.2. The number of nitro groups is 1. The highest BCUT2D eigenvalue weighted by Crippen LogP contribution is 2.24. The van der Waals surface area contributed by atoms with E-state index in [-0.39, 0.29) is 5.69 Å². The van der Waals surface area contributed by atoms with Crippen molar-refractivity contribution in [3.8, 4) is 16.8 Å². The molecule has 0 bridgehead atoms. The van der Waals surface area contributed by atoms with E-state index in [0.717, 1.165) is 23.2 Å². The van der Waals surface area contributed by atoms with Gasteiger partial charge in [0.15, 0.2) is 0 Å². The molecule has 0 saturated carbocycles. The zero-order valence-electron chi connectivity index (χ0n) is 15.2. The van der Waals surface area contributed by atoms with Crippen molar-refractivity contribution in [1.82, 2.24) is 15.0 Å². The normalized spacial score (nSPS) is 11.1. The standard InChI is InChI=1S/C20H16N4O4/c1-3-18-12(2)21-23(22-18)16-9-6-14-10-17(20(25)28-19(14)11-16)13-4-7-15(8-5-13)24(26)27/h4-11H,3H2,1-2H3. The van der Waals surface area contributed by atoms with E-state index in [4.69, 9.17) is 4.42 Å². The maximum Gasteiger partial charge on any atom is 0.344 e. The Labute approximate surface area is 159 Å². The van der Waals surface area contributed by atoms with Gasteiger partial charge < -0.3 is 4.42 Å². The lowest BCUT2D eigenvalue weighted by molar-refractivity contribution is -0.384. The summed E-state index contributed by atoms with van der Waals surface area (Å²) in [6.45, 7) is 3.92. The predicted molar refractivity (Wildman–Crippen MR) is 104 cm³/mol. The highest BCUT2D eigenvalue weighted by Gasteiger charge is 2.12. The van der Waals surface area contributed by atoms with Gasteiger partial charge in [-0.2, -0.15) is 15.0 Å². The largest absolute Gasteiger partial charge is 0.422 e. The summed E-state index contributed by atoms with van der Waals surface area (Å²) in [4.78, 5) is 24.3. The molecule has 8 heteroatoms. The third-order valence-corrected chi connectivity index (χ3v) is 4.55. The lowest BCUT2D eigenvalue weighted by Gasteiger charge is -2.05. The zero-order chi connectivity index (χ0) is 19.8. The van der Waals surface area contributed by atoms with E-state index >= 15 is 0 Å². The average molecular weight is 376 g/mol. The Morgan fingerprint density at radius 2 is 1.86 bits per heavy atom. The number of hydrogen-bond acceptors (Lipinski definition) is 6. The Balaban J connectivity index is 1.77. The quantitative estimate of drug-likeness (QED) is 0.305. The second kappa shape index (κ2) is 6.73. The van der Waals surface area contributed by atoms with E-state index in [1.165, 1.54) is 29.1 Å². The van der Waals surface area contributed by atoms with Gasteiger partial charge in [0.2, 0.25) is 0 Å². The lowest BCUT2D eigenvalue weighted by Crippen LogP contribution is -2.04. The summed E-state index contributed by atoms with van der Waals surface area (Å²) in [7, 11) is 0. The minimum Gasteiger partial charge on any atom is -0.422 e. The van der Waals surface area contributed by atoms with Crippen LogP contribution in [0.4, 0.5) is 5.69 Å². The molecule has 8 nitrogen and oxygen atoms in total. The molecule has 2 aromatic carbocycles. The van der Waals surface area contributed by atoms with Crippen LogP contribution in [-0.4, -0.2) is 19.9 Å². The van der Waals surface area contributed by atoms with Crippen LogP contribution in [0.25, 0.3) is 27.8 Å². The monoisotopic (exact) mass is 376 g/mol. The van der Waals surface area contributed by atoms with Gasteiger partial charge in [-0.3, -0.25) is 10.1 Å². The van der Waals surface area contributed by atoms with Gasteiger partial charge in [0.1, 0.15) is 5.58 Å². The highest BCUT2D eigenvalue weighted by molar-refractivity contribution is 5.83. The van der Waals surface area contributed by atoms with Crippen LogP contribution in [-0.2, 0) is 6.42 Å². The van der Waals surface area contributed by atoms with E-state index < -0.39 is 10.5 Å². The molecule has 0 spiro atoms. The molecule has 28 heavy (non-hydrogen) atoms. The summed E-state index contributed by atoms with van der Waals surface area (Å²) in [5.41, 5.74) is 3.23. The Morgan fingerprint density at radius 1 is 1.11 bits per heavy atom. The van der Waals surface area contributed by atoms with Crippen LogP contribution < -0.4 is 5.63 Å². The van der Waals surface area contributed by atoms with Crippen molar-refractivity contribution in [2.24, 2.45) is 0 Å². The Hall–Kier alpha value is -3.81. The number of aromatic nitrogens is 3. The fraction of sp³-hybridized carbons (Fsp3) is 0.150. The van der Waals surface area contributed by atoms with Gasteiger partial charge >= 0.3 is 5.63 Å². The number of hydrogen-bond donors (Lipinski definition) is 0. The molecule has 0 unspecified atom stereocenters. The molecule has 2 heterocycles. The van der Waals surface area contributed by atoms with E-state index in [1.54, 1.807) is 12.1 Å². The number of benzene rings is 2. The van der Waals surface area contributed by atoms with Gasteiger partial charge in [0, 0.05) is 23.6 Å². The van der Waals surface area contributed by atoms with Crippen molar-refractivity contribution in [3.05, 3.63) is 80.5 Å². The maximum absolute atomic E-state index is 12.5. The Morgan fingerprint density at radius 3 is 2.50 bits per heavy atom. The fourth-order valence-electron chi connectivity index (χ4n) is 3.04. The van der Waals surface area contributed by atoms with E-state index in [2.05, 4.69) is 10.2 Å². The van der Waals surface area contributed by atoms with Crippen molar-refractivity contribution in [2.45, 2.75) is 20.3 Å². The first-order chi connectivity index (χ1) is 13.5. The van der Waals surface area contributed by atoms with Crippen LogP contribution in [0.1, 0.15) is 18.3 Å². The molecule has 0 amide bonds. The molecular weight excluding hydrogens is 360 g/mol. The molecule has 4 aromatic rings. The number of non-ortho nitro benzene ring substituents is 1. The Bertz CT molecular complexity index is 1260. The number of fused-ring (bicyclic) bond motifs is 1. The molecular formula is C20H16N4O4. The number of aryl methyl sites for hydroxylation is 2. The van der Waals surface area contributed by atoms with Crippen molar-refractivity contribution in [2.75, 3.05) is 0 Å². The maximum atomic E-state index is 12.5. The smallest absolute Gasteiger partial charge is 0.344 e. The van der Waals surface area contributed by atoms with Crippen LogP contribution in [0.3, 0.4) is 0 Å². The summed E-state index contributed by atoms with van der Waals surface area (Å²) in [5.74, 6) is 0. The SMILES string of the molecule is CCc1nn(-c2ccc3cc(-c4ccc([N+](=O)[O-])cc4)c(=O)oc3c2)nc1C. The molecule has 0 aliphatic heterocycles. The number of nitro benzene ring substituents is 1. The second-order valence-electron chi connectivity index (χ2n) is 6.35. The molecule has 0 aliphatic carbocycles. The highest BCUT2D eigenvalue weighted by atomic mass is 16.6. The van der Waals surface area contributed by atoms with Gasteiger partial charge in [-0.05, 0) is 49.2 Å². The fourth-order valence-corrected chi connectivity index (χ4v) is 3.04. The summed E-state index contributed by atoms with van der Waals surface area (Å²) >= 11 is 0. The number of nitrogens with zero attached hydrogens (tertiary/aromatic N) is 4. The summed E-state index contributed by atoms with van der Waals surface area (Å²) in [6.07, 6.45) is 0.785. The Kier molecular flexibility index (Phi) is 4.23. The van der Waals surface area contributed by atoms with Gasteiger partial charge in [-0.1, -0.05) is 6.92 Å². The lowest BCUT2D eigenvalue weighted by atomic mass is 10.1. The van der Waals surface area contributed by atoms with Crippen LogP contribution in [0, 0.1) is 17.0 Å². The first-order valence-electron chi connectivity index (χ1n) is 8.72. The molecule has 0 aliphatic rings. The minimum atomic E-state index is -0.516. The summed E-state index contributed by atoms with van der Waals surface area (Å²) in [6, 6.07) is 12.9. The van der Waals surface area contributed by atoms with Crippen molar-refractivity contribution in [1.29, 1.82) is 0 Å². The summed E-state index contributed by atoms with van der Waals surface area (Å²) < 4.78 is 5.49. The van der Waals surface area contributed by atoms with Crippen molar-refractivity contribution >= 4 is 16.7 Å². The topological polar surface area (TPSA) is 104 Å². The third-order valence-electron chi connectivity index (χ3n) is 4.55. The average Bonchev–Trinajstić information content (AvgIpc) is 3.08. The van der Waals surface area contributed by atoms with E-state index in [1.807, 2.05) is 26.0 Å². The van der Waals surface area contributed by atoms with Crippen molar-refractivity contribution < 1.29 is 9.34 Å². The van der Waals surface area contributed by atoms with Crippen LogP contribution in [0.5, 0.6) is 0 Å². The van der Waals surface area contributed by atoms with Gasteiger partial charge in [-0.25, -0.2) is 4.79 Å². The first-order valence-corrected chi connectivity index (χ1v) is 8.72. The molecule has 0 N–H and O–H groups in total. The predicted octanol–water partition coefficient (Wildman–Crippen LogP) is 3.82. The van der Waals surface area contributed by atoms with Crippen LogP contribution in [0.15, 0.2) is 57.7 Å². The molecule has 0 saturated heterocycles. The van der Waals surface area contributed by atoms with Crippen molar-refractivity contribution in [3.63, 3.8) is 0 Å². The summed E-state index contributed by atoms with van der Waals surface area (Å²) in [5, 5.41) is 20.4. The van der Waals surface area contributed by atoms with Crippen LogP contribution in [0.2, 0.25) is 0 Å². The minimum absolute atomic E-state index is 0.0352. The first kappa shape index (κ1) is 17.6.